The lowest BCUT2D eigenvalue weighted by Gasteiger charge is -2.39. The summed E-state index contributed by atoms with van der Waals surface area (Å²) in [6.45, 7) is 2.28. The molecule has 2 aliphatic rings. The van der Waals surface area contributed by atoms with Crippen LogP contribution in [-0.4, -0.2) is 44.7 Å². The van der Waals surface area contributed by atoms with E-state index in [2.05, 4.69) is 11.0 Å². The highest BCUT2D eigenvalue weighted by Gasteiger charge is 2.34. The summed E-state index contributed by atoms with van der Waals surface area (Å²) in [7, 11) is 3.35. The van der Waals surface area contributed by atoms with Gasteiger partial charge in [0, 0.05) is 18.7 Å². The van der Waals surface area contributed by atoms with Crippen LogP contribution in [0.3, 0.4) is 0 Å². The van der Waals surface area contributed by atoms with E-state index in [1.807, 2.05) is 65.6 Å². The number of carbonyl (C=O) groups excluding carboxylic acids is 1. The van der Waals surface area contributed by atoms with Crippen molar-refractivity contribution in [2.24, 2.45) is 0 Å². The van der Waals surface area contributed by atoms with Gasteiger partial charge >= 0.3 is 0 Å². The molecular formula is C27H28N2O4. The zero-order chi connectivity index (χ0) is 22.8. The van der Waals surface area contributed by atoms with Crippen molar-refractivity contribution >= 4 is 11.6 Å². The Morgan fingerprint density at radius 3 is 2.61 bits per heavy atom. The van der Waals surface area contributed by atoms with E-state index in [-0.39, 0.29) is 11.9 Å². The number of amides is 1. The molecule has 6 nitrogen and oxygen atoms in total. The van der Waals surface area contributed by atoms with Crippen LogP contribution >= 0.6 is 0 Å². The molecule has 0 bridgehead atoms. The van der Waals surface area contributed by atoms with Gasteiger partial charge in [-0.25, -0.2) is 0 Å². The number of rotatable bonds is 5. The zero-order valence-corrected chi connectivity index (χ0v) is 19.0. The van der Waals surface area contributed by atoms with E-state index in [1.165, 1.54) is 11.1 Å². The van der Waals surface area contributed by atoms with Gasteiger partial charge in [-0.2, -0.15) is 0 Å². The number of anilines is 1. The number of benzene rings is 3. The fourth-order valence-electron chi connectivity index (χ4n) is 4.77. The summed E-state index contributed by atoms with van der Waals surface area (Å²) in [5.41, 5.74) is 4.30. The SMILES string of the molecule is COc1ccc(C2COc3ccccc3N2C(=O)CN2CCc3cccc(OC)c3C2)cc1. The summed E-state index contributed by atoms with van der Waals surface area (Å²) >= 11 is 0. The van der Waals surface area contributed by atoms with Crippen molar-refractivity contribution < 1.29 is 19.0 Å². The second-order valence-electron chi connectivity index (χ2n) is 8.39. The fraction of sp³-hybridized carbons (Fsp3) is 0.296. The molecule has 0 aromatic heterocycles. The van der Waals surface area contributed by atoms with Crippen molar-refractivity contribution in [2.75, 3.05) is 38.8 Å². The molecule has 1 amide bonds. The van der Waals surface area contributed by atoms with Gasteiger partial charge in [-0.15, -0.1) is 0 Å². The lowest BCUT2D eigenvalue weighted by molar-refractivity contribution is -0.120. The van der Waals surface area contributed by atoms with Crippen LogP contribution in [0.25, 0.3) is 0 Å². The number of hydrogen-bond donors (Lipinski definition) is 0. The minimum Gasteiger partial charge on any atom is -0.497 e. The summed E-state index contributed by atoms with van der Waals surface area (Å²) in [5.74, 6) is 2.47. The van der Waals surface area contributed by atoms with E-state index >= 15 is 0 Å². The minimum atomic E-state index is -0.204. The third kappa shape index (κ3) is 4.14. The Hall–Kier alpha value is -3.51. The largest absolute Gasteiger partial charge is 0.497 e. The van der Waals surface area contributed by atoms with Gasteiger partial charge in [0.05, 0.1) is 32.5 Å². The molecule has 1 atom stereocenters. The first-order valence-corrected chi connectivity index (χ1v) is 11.2. The average molecular weight is 445 g/mol. The van der Waals surface area contributed by atoms with E-state index in [4.69, 9.17) is 14.2 Å². The van der Waals surface area contributed by atoms with E-state index < -0.39 is 0 Å². The van der Waals surface area contributed by atoms with Gasteiger partial charge in [0.1, 0.15) is 23.9 Å². The van der Waals surface area contributed by atoms with Crippen LogP contribution in [0.4, 0.5) is 5.69 Å². The number of ether oxygens (including phenoxy) is 3. The first-order chi connectivity index (χ1) is 16.2. The molecule has 0 spiro atoms. The van der Waals surface area contributed by atoms with Crippen LogP contribution in [0, 0.1) is 0 Å². The predicted octanol–water partition coefficient (Wildman–Crippen LogP) is 4.23. The normalized spacial score (nSPS) is 17.5. The Morgan fingerprint density at radius 2 is 1.82 bits per heavy atom. The number of carbonyl (C=O) groups is 1. The van der Waals surface area contributed by atoms with E-state index in [0.717, 1.165) is 41.5 Å². The minimum absolute atomic E-state index is 0.0601. The second kappa shape index (κ2) is 9.16. The molecular weight excluding hydrogens is 416 g/mol. The number of fused-ring (bicyclic) bond motifs is 2. The molecule has 170 valence electrons. The molecule has 0 saturated carbocycles. The van der Waals surface area contributed by atoms with E-state index in [0.29, 0.717) is 19.7 Å². The lowest BCUT2D eigenvalue weighted by atomic mass is 9.98. The maximum atomic E-state index is 13.8. The Balaban J connectivity index is 1.42. The zero-order valence-electron chi connectivity index (χ0n) is 19.0. The van der Waals surface area contributed by atoms with Crippen LogP contribution in [0.2, 0.25) is 0 Å². The molecule has 2 heterocycles. The maximum Gasteiger partial charge on any atom is 0.241 e. The van der Waals surface area contributed by atoms with Crippen LogP contribution in [-0.2, 0) is 17.8 Å². The first kappa shape index (κ1) is 21.3. The Labute approximate surface area is 194 Å². The van der Waals surface area contributed by atoms with E-state index in [9.17, 15) is 4.79 Å². The number of para-hydroxylation sites is 2. The summed E-state index contributed by atoms with van der Waals surface area (Å²) in [6.07, 6.45) is 0.904. The van der Waals surface area contributed by atoms with Gasteiger partial charge in [-0.05, 0) is 47.9 Å². The van der Waals surface area contributed by atoms with Gasteiger partial charge < -0.3 is 14.2 Å². The third-order valence-corrected chi connectivity index (χ3v) is 6.49. The van der Waals surface area contributed by atoms with Crippen molar-refractivity contribution in [1.82, 2.24) is 4.90 Å². The Kier molecular flexibility index (Phi) is 5.92. The summed E-state index contributed by atoms with van der Waals surface area (Å²) in [5, 5.41) is 0. The van der Waals surface area contributed by atoms with Crippen molar-refractivity contribution in [3.8, 4) is 17.2 Å². The summed E-state index contributed by atoms with van der Waals surface area (Å²) < 4.78 is 16.9. The fourth-order valence-corrected chi connectivity index (χ4v) is 4.77. The molecule has 0 radical (unpaired) electrons. The van der Waals surface area contributed by atoms with Gasteiger partial charge in [-0.1, -0.05) is 36.4 Å². The molecule has 0 N–H and O–H groups in total. The standard InChI is InChI=1S/C27H28N2O4/c1-31-21-12-10-20(11-13-21)24-18-33-26-8-4-3-7-23(26)29(24)27(30)17-28-15-14-19-6-5-9-25(32-2)22(19)16-28/h3-13,24H,14-18H2,1-2H3. The number of methoxy groups -OCH3 is 2. The molecule has 2 aliphatic heterocycles. The van der Waals surface area contributed by atoms with Gasteiger partial charge in [0.15, 0.2) is 0 Å². The molecule has 33 heavy (non-hydrogen) atoms. The molecule has 3 aromatic rings. The molecule has 0 fully saturated rings. The van der Waals surface area contributed by atoms with Crippen molar-refractivity contribution in [3.63, 3.8) is 0 Å². The molecule has 6 heteroatoms. The molecule has 1 unspecified atom stereocenters. The maximum absolute atomic E-state index is 13.8. The monoisotopic (exact) mass is 444 g/mol. The second-order valence-corrected chi connectivity index (χ2v) is 8.39. The first-order valence-electron chi connectivity index (χ1n) is 11.2. The molecule has 3 aromatic carbocycles. The molecule has 0 saturated heterocycles. The smallest absolute Gasteiger partial charge is 0.241 e. The van der Waals surface area contributed by atoms with Gasteiger partial charge in [0.2, 0.25) is 5.91 Å². The number of nitrogens with zero attached hydrogens (tertiary/aromatic N) is 2. The van der Waals surface area contributed by atoms with Gasteiger partial charge in [-0.3, -0.25) is 14.6 Å². The van der Waals surface area contributed by atoms with Crippen LogP contribution in [0.5, 0.6) is 17.2 Å². The summed E-state index contributed by atoms with van der Waals surface area (Å²) in [4.78, 5) is 17.9. The average Bonchev–Trinajstić information content (AvgIpc) is 2.87. The van der Waals surface area contributed by atoms with Crippen molar-refractivity contribution in [1.29, 1.82) is 0 Å². The molecule has 0 aliphatic carbocycles. The highest BCUT2D eigenvalue weighted by atomic mass is 16.5. The quantitative estimate of drug-likeness (QED) is 0.590. The highest BCUT2D eigenvalue weighted by molar-refractivity contribution is 5.97. The van der Waals surface area contributed by atoms with Crippen molar-refractivity contribution in [3.05, 3.63) is 83.4 Å². The lowest BCUT2D eigenvalue weighted by Crippen LogP contribution is -2.47. The predicted molar refractivity (Wildman–Crippen MR) is 127 cm³/mol. The highest BCUT2D eigenvalue weighted by Crippen LogP contribution is 2.40. The van der Waals surface area contributed by atoms with Gasteiger partial charge in [0.25, 0.3) is 0 Å². The van der Waals surface area contributed by atoms with Crippen LogP contribution in [0.1, 0.15) is 22.7 Å². The van der Waals surface area contributed by atoms with Crippen LogP contribution in [0.15, 0.2) is 66.7 Å². The number of hydrogen-bond acceptors (Lipinski definition) is 5. The summed E-state index contributed by atoms with van der Waals surface area (Å²) in [6, 6.07) is 21.6. The third-order valence-electron chi connectivity index (χ3n) is 6.49. The molecule has 5 rings (SSSR count). The van der Waals surface area contributed by atoms with E-state index in [1.54, 1.807) is 14.2 Å². The Bertz CT molecular complexity index is 1130. The topological polar surface area (TPSA) is 51.2 Å². The van der Waals surface area contributed by atoms with Crippen LogP contribution < -0.4 is 19.1 Å². The van der Waals surface area contributed by atoms with Crippen molar-refractivity contribution in [2.45, 2.75) is 19.0 Å². The Morgan fingerprint density at radius 1 is 1.00 bits per heavy atom.